The van der Waals surface area contributed by atoms with Gasteiger partial charge < -0.3 is 4.57 Å². The third kappa shape index (κ3) is 4.22. The Labute approximate surface area is 123 Å². The molecule has 5 heteroatoms. The summed E-state index contributed by atoms with van der Waals surface area (Å²) >= 11 is 0. The van der Waals surface area contributed by atoms with E-state index in [1.807, 2.05) is 0 Å². The molecule has 0 atom stereocenters. The highest BCUT2D eigenvalue weighted by atomic mass is 19.3. The number of benzene rings is 1. The normalized spacial score (nSPS) is 11.7. The summed E-state index contributed by atoms with van der Waals surface area (Å²) in [5, 5.41) is 0. The number of unbranched alkanes of at least 4 members (excludes halogenated alkanes) is 4. The van der Waals surface area contributed by atoms with Crippen LogP contribution in [-0.4, -0.2) is 16.0 Å². The van der Waals surface area contributed by atoms with E-state index in [1.54, 1.807) is 0 Å². The second-order valence-electron chi connectivity index (χ2n) is 5.33. The summed E-state index contributed by atoms with van der Waals surface area (Å²) in [5.41, 5.74) is 1.04. The number of halogens is 3. The Hall–Kier alpha value is -1.52. The van der Waals surface area contributed by atoms with Gasteiger partial charge in [-0.1, -0.05) is 32.6 Å². The molecule has 2 rings (SSSR count). The Bertz CT molecular complexity index is 578. The number of imidazole rings is 1. The van der Waals surface area contributed by atoms with Crippen molar-refractivity contribution in [3.63, 3.8) is 0 Å². The molecule has 0 aliphatic rings. The summed E-state index contributed by atoms with van der Waals surface area (Å²) in [6.07, 6.45) is 3.73. The quantitative estimate of drug-likeness (QED) is 0.630. The molecular formula is C16H21F3N2. The predicted octanol–water partition coefficient (Wildman–Crippen LogP) is 4.95. The van der Waals surface area contributed by atoms with Gasteiger partial charge in [-0.2, -0.15) is 0 Å². The average molecular weight is 298 g/mol. The van der Waals surface area contributed by atoms with E-state index in [2.05, 4.69) is 11.9 Å². The van der Waals surface area contributed by atoms with Crippen LogP contribution in [0.2, 0.25) is 0 Å². The van der Waals surface area contributed by atoms with Crippen molar-refractivity contribution in [2.75, 3.05) is 0 Å². The number of hydrogen-bond acceptors (Lipinski definition) is 1. The molecule has 0 saturated carbocycles. The molecule has 1 aromatic heterocycles. The first kappa shape index (κ1) is 15.9. The molecule has 2 nitrogen and oxygen atoms in total. The number of aromatic nitrogens is 2. The predicted molar refractivity (Wildman–Crippen MR) is 78.2 cm³/mol. The minimum Gasteiger partial charge on any atom is -0.322 e. The Kier molecular flexibility index (Phi) is 5.65. The zero-order valence-electron chi connectivity index (χ0n) is 12.3. The van der Waals surface area contributed by atoms with Crippen molar-refractivity contribution in [1.82, 2.24) is 9.55 Å². The number of hydrogen-bond donors (Lipinski definition) is 0. The SMILES string of the molecule is CCCCCCCc1nc2cc(F)ccc2n1CC(F)F. The number of nitrogens with zero attached hydrogens (tertiary/aromatic N) is 2. The summed E-state index contributed by atoms with van der Waals surface area (Å²) in [6, 6.07) is 4.12. The third-order valence-corrected chi connectivity index (χ3v) is 3.61. The largest absolute Gasteiger partial charge is 0.322 e. The van der Waals surface area contributed by atoms with E-state index < -0.39 is 12.2 Å². The van der Waals surface area contributed by atoms with E-state index in [4.69, 9.17) is 0 Å². The maximum atomic E-state index is 13.2. The fraction of sp³-hybridized carbons (Fsp3) is 0.562. The number of aryl methyl sites for hydroxylation is 1. The fourth-order valence-electron chi connectivity index (χ4n) is 2.57. The van der Waals surface area contributed by atoms with Crippen molar-refractivity contribution in [1.29, 1.82) is 0 Å². The van der Waals surface area contributed by atoms with Gasteiger partial charge in [-0.3, -0.25) is 0 Å². The van der Waals surface area contributed by atoms with Gasteiger partial charge in [0.15, 0.2) is 0 Å². The van der Waals surface area contributed by atoms with Gasteiger partial charge in [0.25, 0.3) is 6.43 Å². The Balaban J connectivity index is 2.16. The highest BCUT2D eigenvalue weighted by molar-refractivity contribution is 5.76. The molecule has 0 amide bonds. The van der Waals surface area contributed by atoms with E-state index in [-0.39, 0.29) is 6.54 Å². The molecule has 21 heavy (non-hydrogen) atoms. The number of fused-ring (bicyclic) bond motifs is 1. The van der Waals surface area contributed by atoms with E-state index in [1.165, 1.54) is 35.6 Å². The molecule has 0 bridgehead atoms. The lowest BCUT2D eigenvalue weighted by Gasteiger charge is -2.08. The van der Waals surface area contributed by atoms with Crippen molar-refractivity contribution in [3.05, 3.63) is 29.8 Å². The van der Waals surface area contributed by atoms with Crippen molar-refractivity contribution >= 4 is 11.0 Å². The zero-order chi connectivity index (χ0) is 15.2. The van der Waals surface area contributed by atoms with Crippen LogP contribution in [0.4, 0.5) is 13.2 Å². The molecule has 0 saturated heterocycles. The highest BCUT2D eigenvalue weighted by Crippen LogP contribution is 2.20. The Morgan fingerprint density at radius 2 is 1.90 bits per heavy atom. The minimum absolute atomic E-state index is 0.383. The van der Waals surface area contributed by atoms with Gasteiger partial charge in [0.2, 0.25) is 0 Å². The zero-order valence-corrected chi connectivity index (χ0v) is 12.3. The summed E-state index contributed by atoms with van der Waals surface area (Å²) < 4.78 is 40.3. The van der Waals surface area contributed by atoms with Crippen LogP contribution in [0.1, 0.15) is 44.9 Å². The van der Waals surface area contributed by atoms with Gasteiger partial charge in [0.05, 0.1) is 17.6 Å². The molecule has 2 aromatic rings. The first-order valence-corrected chi connectivity index (χ1v) is 7.54. The molecule has 0 radical (unpaired) electrons. The van der Waals surface area contributed by atoms with Crippen LogP contribution in [0.3, 0.4) is 0 Å². The summed E-state index contributed by atoms with van der Waals surface area (Å²) in [6.45, 7) is 1.77. The highest BCUT2D eigenvalue weighted by Gasteiger charge is 2.14. The van der Waals surface area contributed by atoms with Gasteiger partial charge in [-0.25, -0.2) is 18.2 Å². The smallest absolute Gasteiger partial charge is 0.256 e. The maximum absolute atomic E-state index is 13.2. The number of alkyl halides is 2. The van der Waals surface area contributed by atoms with Gasteiger partial charge >= 0.3 is 0 Å². The van der Waals surface area contributed by atoms with Crippen LogP contribution in [0.15, 0.2) is 18.2 Å². The third-order valence-electron chi connectivity index (χ3n) is 3.61. The van der Waals surface area contributed by atoms with Crippen LogP contribution >= 0.6 is 0 Å². The van der Waals surface area contributed by atoms with Crippen LogP contribution in [-0.2, 0) is 13.0 Å². The van der Waals surface area contributed by atoms with Gasteiger partial charge in [0.1, 0.15) is 11.6 Å². The lowest BCUT2D eigenvalue weighted by Crippen LogP contribution is -2.10. The topological polar surface area (TPSA) is 17.8 Å². The lowest BCUT2D eigenvalue weighted by molar-refractivity contribution is 0.127. The van der Waals surface area contributed by atoms with E-state index in [0.717, 1.165) is 19.3 Å². The number of rotatable bonds is 8. The van der Waals surface area contributed by atoms with Crippen molar-refractivity contribution < 1.29 is 13.2 Å². The van der Waals surface area contributed by atoms with Crippen LogP contribution < -0.4 is 0 Å². The molecule has 0 aliphatic heterocycles. The lowest BCUT2D eigenvalue weighted by atomic mass is 10.1. The molecule has 0 fully saturated rings. The first-order chi connectivity index (χ1) is 10.1. The molecule has 0 N–H and O–H groups in total. The second kappa shape index (κ2) is 7.48. The molecule has 1 aromatic carbocycles. The van der Waals surface area contributed by atoms with E-state index >= 15 is 0 Å². The van der Waals surface area contributed by atoms with E-state index in [0.29, 0.717) is 23.3 Å². The van der Waals surface area contributed by atoms with E-state index in [9.17, 15) is 13.2 Å². The van der Waals surface area contributed by atoms with Gasteiger partial charge in [-0.05, 0) is 18.6 Å². The van der Waals surface area contributed by atoms with Crippen molar-refractivity contribution in [3.8, 4) is 0 Å². The fourth-order valence-corrected chi connectivity index (χ4v) is 2.57. The monoisotopic (exact) mass is 298 g/mol. The maximum Gasteiger partial charge on any atom is 0.256 e. The second-order valence-corrected chi connectivity index (χ2v) is 5.33. The molecule has 116 valence electrons. The molecule has 0 unspecified atom stereocenters. The molecule has 1 heterocycles. The summed E-state index contributed by atoms with van der Waals surface area (Å²) in [5.74, 6) is 0.242. The summed E-state index contributed by atoms with van der Waals surface area (Å²) in [7, 11) is 0. The average Bonchev–Trinajstić information content (AvgIpc) is 2.75. The summed E-state index contributed by atoms with van der Waals surface area (Å²) in [4.78, 5) is 4.33. The van der Waals surface area contributed by atoms with Crippen LogP contribution in [0.5, 0.6) is 0 Å². The first-order valence-electron chi connectivity index (χ1n) is 7.54. The molecule has 0 spiro atoms. The van der Waals surface area contributed by atoms with Crippen LogP contribution in [0, 0.1) is 5.82 Å². The Morgan fingerprint density at radius 3 is 2.62 bits per heavy atom. The van der Waals surface area contributed by atoms with Gasteiger partial charge in [0, 0.05) is 12.5 Å². The van der Waals surface area contributed by atoms with Crippen LogP contribution in [0.25, 0.3) is 11.0 Å². The Morgan fingerprint density at radius 1 is 1.14 bits per heavy atom. The van der Waals surface area contributed by atoms with Crippen molar-refractivity contribution in [2.24, 2.45) is 0 Å². The standard InChI is InChI=1S/C16H21F3N2/c1-2-3-4-5-6-7-16-20-13-10-12(17)8-9-14(13)21(16)11-15(18)19/h8-10,15H,2-7,11H2,1H3. The molecule has 0 aliphatic carbocycles. The molecular weight excluding hydrogens is 277 g/mol. The minimum atomic E-state index is -2.44. The van der Waals surface area contributed by atoms with Crippen molar-refractivity contribution in [2.45, 2.75) is 58.4 Å². The van der Waals surface area contributed by atoms with Gasteiger partial charge in [-0.15, -0.1) is 0 Å².